The molecule has 0 unspecified atom stereocenters. The lowest BCUT2D eigenvalue weighted by Crippen LogP contribution is -2.39. The van der Waals surface area contributed by atoms with Crippen molar-refractivity contribution < 1.29 is 4.79 Å². The third kappa shape index (κ3) is 3.59. The molecule has 76 valence electrons. The third-order valence-corrected chi connectivity index (χ3v) is 2.92. The lowest BCUT2D eigenvalue weighted by atomic mass is 10.1. The van der Waals surface area contributed by atoms with E-state index in [9.17, 15) is 4.79 Å². The van der Waals surface area contributed by atoms with E-state index in [0.717, 1.165) is 25.9 Å². The fourth-order valence-corrected chi connectivity index (χ4v) is 1.82. The highest BCUT2D eigenvalue weighted by molar-refractivity contribution is 7.80. The number of carbonyl (C=O) groups excluding carboxylic acids is 1. The van der Waals surface area contributed by atoms with Crippen LogP contribution in [0.4, 0.5) is 0 Å². The van der Waals surface area contributed by atoms with Crippen LogP contribution in [0.3, 0.4) is 0 Å². The van der Waals surface area contributed by atoms with Crippen LogP contribution >= 0.6 is 12.6 Å². The molecule has 3 heteroatoms. The predicted molar refractivity (Wildman–Crippen MR) is 58.0 cm³/mol. The first-order chi connectivity index (χ1) is 6.09. The van der Waals surface area contributed by atoms with Crippen molar-refractivity contribution >= 4 is 18.5 Å². The van der Waals surface area contributed by atoms with Crippen molar-refractivity contribution in [3.8, 4) is 0 Å². The lowest BCUT2D eigenvalue weighted by Gasteiger charge is -2.30. The summed E-state index contributed by atoms with van der Waals surface area (Å²) >= 11 is 4.40. The Kier molecular flexibility index (Phi) is 4.10. The minimum Gasteiger partial charge on any atom is -0.343 e. The van der Waals surface area contributed by atoms with Gasteiger partial charge >= 0.3 is 0 Å². The fourth-order valence-electron chi connectivity index (χ4n) is 1.59. The molecule has 0 N–H and O–H groups in total. The van der Waals surface area contributed by atoms with Gasteiger partial charge in [0.2, 0.25) is 5.91 Å². The zero-order valence-corrected chi connectivity index (χ0v) is 9.39. The van der Waals surface area contributed by atoms with Crippen molar-refractivity contribution in [3.05, 3.63) is 0 Å². The van der Waals surface area contributed by atoms with E-state index >= 15 is 0 Å². The zero-order chi connectivity index (χ0) is 9.84. The summed E-state index contributed by atoms with van der Waals surface area (Å²) in [4.78, 5) is 13.6. The van der Waals surface area contributed by atoms with Gasteiger partial charge in [-0.25, -0.2) is 0 Å². The largest absolute Gasteiger partial charge is 0.343 e. The normalized spacial score (nSPS) is 19.5. The standard InChI is InChI=1S/C10H19NOS/c1-8(2)7-10(12)11-5-3-9(13)4-6-11/h8-9,13H,3-7H2,1-2H3. The first-order valence-corrected chi connectivity index (χ1v) is 5.57. The Bertz CT molecular complexity index is 174. The quantitative estimate of drug-likeness (QED) is 0.677. The molecule has 1 rings (SSSR count). The number of rotatable bonds is 2. The molecule has 0 radical (unpaired) electrons. The van der Waals surface area contributed by atoms with E-state index in [2.05, 4.69) is 26.5 Å². The third-order valence-electron chi connectivity index (χ3n) is 2.40. The fraction of sp³-hybridized carbons (Fsp3) is 0.900. The minimum absolute atomic E-state index is 0.315. The first kappa shape index (κ1) is 10.9. The van der Waals surface area contributed by atoms with E-state index in [1.54, 1.807) is 0 Å². The van der Waals surface area contributed by atoms with Crippen LogP contribution in [0.1, 0.15) is 33.1 Å². The Labute approximate surface area is 86.1 Å². The second kappa shape index (κ2) is 4.89. The monoisotopic (exact) mass is 201 g/mol. The molecule has 1 amide bonds. The maximum absolute atomic E-state index is 11.6. The maximum Gasteiger partial charge on any atom is 0.222 e. The van der Waals surface area contributed by atoms with Crippen molar-refractivity contribution in [3.63, 3.8) is 0 Å². The molecule has 1 heterocycles. The van der Waals surface area contributed by atoms with Crippen molar-refractivity contribution in [1.82, 2.24) is 4.90 Å². The molecular formula is C10H19NOS. The topological polar surface area (TPSA) is 20.3 Å². The van der Waals surface area contributed by atoms with Gasteiger partial charge in [0, 0.05) is 24.8 Å². The predicted octanol–water partition coefficient (Wildman–Crippen LogP) is 1.95. The molecule has 0 aromatic heterocycles. The number of hydrogen-bond donors (Lipinski definition) is 1. The van der Waals surface area contributed by atoms with E-state index in [1.165, 1.54) is 0 Å². The number of amides is 1. The summed E-state index contributed by atoms with van der Waals surface area (Å²) in [6.07, 6.45) is 2.79. The van der Waals surface area contributed by atoms with E-state index in [0.29, 0.717) is 23.5 Å². The van der Waals surface area contributed by atoms with Crippen LogP contribution < -0.4 is 0 Å². The average Bonchev–Trinajstić information content (AvgIpc) is 2.04. The van der Waals surface area contributed by atoms with Gasteiger partial charge in [-0.05, 0) is 18.8 Å². The van der Waals surface area contributed by atoms with Crippen molar-refractivity contribution in [2.45, 2.75) is 38.4 Å². The van der Waals surface area contributed by atoms with Gasteiger partial charge in [-0.2, -0.15) is 12.6 Å². The Hall–Kier alpha value is -0.180. The van der Waals surface area contributed by atoms with Gasteiger partial charge in [-0.3, -0.25) is 4.79 Å². The van der Waals surface area contributed by atoms with Crippen LogP contribution in [0.2, 0.25) is 0 Å². The highest BCUT2D eigenvalue weighted by Gasteiger charge is 2.20. The highest BCUT2D eigenvalue weighted by Crippen LogP contribution is 2.16. The average molecular weight is 201 g/mol. The number of thiol groups is 1. The molecule has 0 aromatic carbocycles. The molecule has 1 aliphatic heterocycles. The van der Waals surface area contributed by atoms with Gasteiger partial charge in [0.25, 0.3) is 0 Å². The van der Waals surface area contributed by atoms with Crippen LogP contribution in [0.5, 0.6) is 0 Å². The second-order valence-corrected chi connectivity index (χ2v) is 4.94. The van der Waals surface area contributed by atoms with Crippen molar-refractivity contribution in [2.75, 3.05) is 13.1 Å². The van der Waals surface area contributed by atoms with E-state index in [4.69, 9.17) is 0 Å². The zero-order valence-electron chi connectivity index (χ0n) is 8.49. The number of nitrogens with zero attached hydrogens (tertiary/aromatic N) is 1. The molecule has 2 nitrogen and oxygen atoms in total. The molecule has 1 fully saturated rings. The van der Waals surface area contributed by atoms with Gasteiger partial charge in [0.05, 0.1) is 0 Å². The Balaban J connectivity index is 2.31. The van der Waals surface area contributed by atoms with Crippen LogP contribution in [0.15, 0.2) is 0 Å². The van der Waals surface area contributed by atoms with E-state index < -0.39 is 0 Å². The smallest absolute Gasteiger partial charge is 0.222 e. The molecular weight excluding hydrogens is 182 g/mol. The van der Waals surface area contributed by atoms with E-state index in [-0.39, 0.29) is 0 Å². The Morgan fingerprint density at radius 3 is 2.46 bits per heavy atom. The molecule has 1 aliphatic rings. The number of hydrogen-bond acceptors (Lipinski definition) is 2. The molecule has 13 heavy (non-hydrogen) atoms. The number of piperidine rings is 1. The van der Waals surface area contributed by atoms with Gasteiger partial charge in [0.1, 0.15) is 0 Å². The Morgan fingerprint density at radius 2 is 2.00 bits per heavy atom. The number of likely N-dealkylation sites (tertiary alicyclic amines) is 1. The van der Waals surface area contributed by atoms with Gasteiger partial charge < -0.3 is 4.90 Å². The van der Waals surface area contributed by atoms with Gasteiger partial charge in [0.15, 0.2) is 0 Å². The lowest BCUT2D eigenvalue weighted by molar-refractivity contribution is -0.132. The summed E-state index contributed by atoms with van der Waals surface area (Å²) < 4.78 is 0. The summed E-state index contributed by atoms with van der Waals surface area (Å²) in [6.45, 7) is 5.98. The molecule has 0 bridgehead atoms. The van der Waals surface area contributed by atoms with E-state index in [1.807, 2.05) is 4.90 Å². The Morgan fingerprint density at radius 1 is 1.46 bits per heavy atom. The number of carbonyl (C=O) groups is 1. The SMILES string of the molecule is CC(C)CC(=O)N1CCC(S)CC1. The van der Waals surface area contributed by atoms with Crippen molar-refractivity contribution in [2.24, 2.45) is 5.92 Å². The summed E-state index contributed by atoms with van der Waals surface area (Å²) in [5.74, 6) is 0.788. The molecule has 1 saturated heterocycles. The van der Waals surface area contributed by atoms with Crippen LogP contribution in [0.25, 0.3) is 0 Å². The summed E-state index contributed by atoms with van der Waals surface area (Å²) in [5.41, 5.74) is 0. The van der Waals surface area contributed by atoms with Crippen molar-refractivity contribution in [1.29, 1.82) is 0 Å². The van der Waals surface area contributed by atoms with Gasteiger partial charge in [-0.1, -0.05) is 13.8 Å². The molecule has 0 aliphatic carbocycles. The maximum atomic E-state index is 11.6. The summed E-state index contributed by atoms with van der Waals surface area (Å²) in [5, 5.41) is 0.503. The van der Waals surface area contributed by atoms with Crippen LogP contribution in [-0.4, -0.2) is 29.1 Å². The second-order valence-electron chi connectivity index (χ2n) is 4.21. The molecule has 0 saturated carbocycles. The molecule has 0 atom stereocenters. The van der Waals surface area contributed by atoms with Gasteiger partial charge in [-0.15, -0.1) is 0 Å². The van der Waals surface area contributed by atoms with Crippen LogP contribution in [0, 0.1) is 5.92 Å². The first-order valence-electron chi connectivity index (χ1n) is 5.05. The highest BCUT2D eigenvalue weighted by atomic mass is 32.1. The molecule has 0 aromatic rings. The summed E-state index contributed by atoms with van der Waals surface area (Å²) in [6, 6.07) is 0. The minimum atomic E-state index is 0.315. The van der Waals surface area contributed by atoms with Crippen LogP contribution in [-0.2, 0) is 4.79 Å². The molecule has 0 spiro atoms. The summed E-state index contributed by atoms with van der Waals surface area (Å²) in [7, 11) is 0.